The van der Waals surface area contributed by atoms with Crippen LogP contribution in [0.1, 0.15) is 25.3 Å². The summed E-state index contributed by atoms with van der Waals surface area (Å²) >= 11 is 0. The molecule has 1 aliphatic heterocycles. The first-order valence-corrected chi connectivity index (χ1v) is 12.2. The Morgan fingerprint density at radius 2 is 1.78 bits per heavy atom. The molecule has 2 aromatic carbocycles. The SMILES string of the molecule is CCOc1ccc(NS(=O)(=O)c2ccc(OCC(=O)NC3CCN(C)CC3)c(C)c2)cc1. The maximum absolute atomic E-state index is 12.7. The summed E-state index contributed by atoms with van der Waals surface area (Å²) in [6.07, 6.45) is 1.85. The van der Waals surface area contributed by atoms with Crippen LogP contribution < -0.4 is 19.5 Å². The van der Waals surface area contributed by atoms with Gasteiger partial charge in [-0.3, -0.25) is 9.52 Å². The number of piperidine rings is 1. The molecule has 0 aliphatic carbocycles. The van der Waals surface area contributed by atoms with Gasteiger partial charge in [-0.2, -0.15) is 0 Å². The summed E-state index contributed by atoms with van der Waals surface area (Å²) in [6.45, 7) is 5.99. The van der Waals surface area contributed by atoms with E-state index in [9.17, 15) is 13.2 Å². The lowest BCUT2D eigenvalue weighted by Crippen LogP contribution is -2.44. The molecular weight excluding hydrogens is 430 g/mol. The van der Waals surface area contributed by atoms with Gasteiger partial charge in [0.1, 0.15) is 11.5 Å². The first-order valence-electron chi connectivity index (χ1n) is 10.7. The molecule has 3 rings (SSSR count). The zero-order chi connectivity index (χ0) is 23.1. The number of sulfonamides is 1. The lowest BCUT2D eigenvalue weighted by atomic mass is 10.1. The molecule has 0 aromatic heterocycles. The average Bonchev–Trinajstić information content (AvgIpc) is 2.76. The summed E-state index contributed by atoms with van der Waals surface area (Å²) in [7, 11) is -1.69. The number of carbonyl (C=O) groups is 1. The van der Waals surface area contributed by atoms with E-state index >= 15 is 0 Å². The third kappa shape index (κ3) is 6.61. The second-order valence-corrected chi connectivity index (χ2v) is 9.61. The molecule has 8 nitrogen and oxygen atoms in total. The number of benzene rings is 2. The monoisotopic (exact) mass is 461 g/mol. The van der Waals surface area contributed by atoms with E-state index in [1.807, 2.05) is 6.92 Å². The van der Waals surface area contributed by atoms with E-state index in [4.69, 9.17) is 9.47 Å². The summed E-state index contributed by atoms with van der Waals surface area (Å²) in [6, 6.07) is 11.5. The number of ether oxygens (including phenoxy) is 2. The van der Waals surface area contributed by atoms with E-state index in [1.54, 1.807) is 37.3 Å². The van der Waals surface area contributed by atoms with Crippen molar-refractivity contribution in [2.24, 2.45) is 0 Å². The summed E-state index contributed by atoms with van der Waals surface area (Å²) in [4.78, 5) is 14.6. The van der Waals surface area contributed by atoms with Crippen molar-refractivity contribution in [1.29, 1.82) is 0 Å². The molecule has 0 bridgehead atoms. The number of hydrogen-bond acceptors (Lipinski definition) is 6. The summed E-state index contributed by atoms with van der Waals surface area (Å²) < 4.78 is 39.0. The van der Waals surface area contributed by atoms with Crippen molar-refractivity contribution in [3.8, 4) is 11.5 Å². The molecule has 1 heterocycles. The maximum Gasteiger partial charge on any atom is 0.261 e. The minimum atomic E-state index is -3.76. The standard InChI is InChI=1S/C23H31N3O5S/c1-4-30-20-7-5-19(6-8-20)25-32(28,29)21-9-10-22(17(2)15-21)31-16-23(27)24-18-11-13-26(3)14-12-18/h5-10,15,18,25H,4,11-14,16H2,1-3H3,(H,24,27). The third-order valence-electron chi connectivity index (χ3n) is 5.32. The topological polar surface area (TPSA) is 97.0 Å². The van der Waals surface area contributed by atoms with Crippen molar-refractivity contribution in [2.45, 2.75) is 37.6 Å². The molecule has 9 heteroatoms. The number of hydrogen-bond donors (Lipinski definition) is 2. The van der Waals surface area contributed by atoms with Crippen molar-refractivity contribution in [3.63, 3.8) is 0 Å². The highest BCUT2D eigenvalue weighted by molar-refractivity contribution is 7.92. The molecule has 1 saturated heterocycles. The minimum Gasteiger partial charge on any atom is -0.494 e. The van der Waals surface area contributed by atoms with Gasteiger partial charge in [0.25, 0.3) is 15.9 Å². The van der Waals surface area contributed by atoms with E-state index in [0.29, 0.717) is 29.4 Å². The normalized spacial score (nSPS) is 15.2. The molecule has 0 saturated carbocycles. The molecule has 2 N–H and O–H groups in total. The molecule has 174 valence electrons. The van der Waals surface area contributed by atoms with Crippen LogP contribution in [-0.4, -0.2) is 58.6 Å². The van der Waals surface area contributed by atoms with Crippen molar-refractivity contribution >= 4 is 21.6 Å². The Kier molecular flexibility index (Phi) is 7.98. The van der Waals surface area contributed by atoms with E-state index in [0.717, 1.165) is 25.9 Å². The number of rotatable bonds is 9. The number of likely N-dealkylation sites (tertiary alicyclic amines) is 1. The van der Waals surface area contributed by atoms with Gasteiger partial charge in [0.15, 0.2) is 6.61 Å². The van der Waals surface area contributed by atoms with Gasteiger partial charge in [0.2, 0.25) is 0 Å². The second-order valence-electron chi connectivity index (χ2n) is 7.92. The smallest absolute Gasteiger partial charge is 0.261 e. The largest absolute Gasteiger partial charge is 0.494 e. The van der Waals surface area contributed by atoms with Gasteiger partial charge in [-0.25, -0.2) is 8.42 Å². The Morgan fingerprint density at radius 1 is 1.09 bits per heavy atom. The van der Waals surface area contributed by atoms with Gasteiger partial charge in [-0.15, -0.1) is 0 Å². The Hall–Kier alpha value is -2.78. The Morgan fingerprint density at radius 3 is 2.41 bits per heavy atom. The van der Waals surface area contributed by atoms with Gasteiger partial charge in [-0.1, -0.05) is 0 Å². The second kappa shape index (κ2) is 10.7. The molecule has 1 fully saturated rings. The van der Waals surface area contributed by atoms with E-state index in [1.165, 1.54) is 12.1 Å². The lowest BCUT2D eigenvalue weighted by molar-refractivity contribution is -0.124. The molecule has 2 aromatic rings. The minimum absolute atomic E-state index is 0.107. The van der Waals surface area contributed by atoms with Crippen LogP contribution in [0.15, 0.2) is 47.4 Å². The quantitative estimate of drug-likeness (QED) is 0.596. The highest BCUT2D eigenvalue weighted by Gasteiger charge is 2.19. The van der Waals surface area contributed by atoms with Crippen LogP contribution in [0, 0.1) is 6.92 Å². The highest BCUT2D eigenvalue weighted by Crippen LogP contribution is 2.24. The van der Waals surface area contributed by atoms with Crippen LogP contribution in [0.25, 0.3) is 0 Å². The fourth-order valence-electron chi connectivity index (χ4n) is 3.52. The highest BCUT2D eigenvalue weighted by atomic mass is 32.2. The zero-order valence-corrected chi connectivity index (χ0v) is 19.6. The number of anilines is 1. The summed E-state index contributed by atoms with van der Waals surface area (Å²) in [5, 5.41) is 3.00. The molecule has 0 atom stereocenters. The predicted molar refractivity (Wildman–Crippen MR) is 124 cm³/mol. The third-order valence-corrected chi connectivity index (χ3v) is 6.70. The maximum atomic E-state index is 12.7. The predicted octanol–water partition coefficient (Wildman–Crippen LogP) is 2.78. The summed E-state index contributed by atoms with van der Waals surface area (Å²) in [5.41, 5.74) is 1.07. The first-order chi connectivity index (χ1) is 15.3. The molecule has 1 aliphatic rings. The fourth-order valence-corrected chi connectivity index (χ4v) is 4.66. The van der Waals surface area contributed by atoms with E-state index < -0.39 is 10.0 Å². The van der Waals surface area contributed by atoms with Crippen LogP contribution in [0.3, 0.4) is 0 Å². The lowest BCUT2D eigenvalue weighted by Gasteiger charge is -2.29. The number of nitrogens with zero attached hydrogens (tertiary/aromatic N) is 1. The average molecular weight is 462 g/mol. The molecule has 0 unspecified atom stereocenters. The van der Waals surface area contributed by atoms with E-state index in [2.05, 4.69) is 22.0 Å². The Balaban J connectivity index is 1.57. The molecular formula is C23H31N3O5S. The van der Waals surface area contributed by atoms with Crippen molar-refractivity contribution in [1.82, 2.24) is 10.2 Å². The first kappa shape index (κ1) is 23.9. The van der Waals surface area contributed by atoms with Gasteiger partial charge < -0.3 is 19.7 Å². The van der Waals surface area contributed by atoms with Crippen LogP contribution in [0.4, 0.5) is 5.69 Å². The van der Waals surface area contributed by atoms with Crippen LogP contribution >= 0.6 is 0 Å². The molecule has 1 amide bonds. The van der Waals surface area contributed by atoms with Crippen LogP contribution in [0.5, 0.6) is 11.5 Å². The number of amides is 1. The molecule has 0 radical (unpaired) electrons. The Bertz CT molecular complexity index is 1020. The molecule has 0 spiro atoms. The van der Waals surface area contributed by atoms with Gasteiger partial charge in [0, 0.05) is 11.7 Å². The fraction of sp³-hybridized carbons (Fsp3) is 0.435. The summed E-state index contributed by atoms with van der Waals surface area (Å²) in [5.74, 6) is 0.976. The number of nitrogens with one attached hydrogen (secondary N) is 2. The van der Waals surface area contributed by atoms with E-state index in [-0.39, 0.29) is 23.5 Å². The van der Waals surface area contributed by atoms with Crippen LogP contribution in [-0.2, 0) is 14.8 Å². The van der Waals surface area contributed by atoms with Crippen LogP contribution in [0.2, 0.25) is 0 Å². The molecule has 32 heavy (non-hydrogen) atoms. The van der Waals surface area contributed by atoms with Crippen molar-refractivity contribution < 1.29 is 22.7 Å². The number of carbonyl (C=O) groups excluding carboxylic acids is 1. The van der Waals surface area contributed by atoms with Gasteiger partial charge in [0.05, 0.1) is 11.5 Å². The number of aryl methyl sites for hydroxylation is 1. The van der Waals surface area contributed by atoms with Crippen molar-refractivity contribution in [3.05, 3.63) is 48.0 Å². The van der Waals surface area contributed by atoms with Crippen molar-refractivity contribution in [2.75, 3.05) is 38.1 Å². The Labute approximate surface area is 190 Å². The van der Waals surface area contributed by atoms with Gasteiger partial charge >= 0.3 is 0 Å². The zero-order valence-electron chi connectivity index (χ0n) is 18.8. The van der Waals surface area contributed by atoms with Gasteiger partial charge in [-0.05, 0) is 94.9 Å².